The lowest BCUT2D eigenvalue weighted by molar-refractivity contribution is -0.157. The van der Waals surface area contributed by atoms with E-state index < -0.39 is 162 Å². The molecule has 0 unspecified atom stereocenters. The Bertz CT molecular complexity index is 3360. The Hall–Kier alpha value is -7.65. The van der Waals surface area contributed by atoms with Crippen molar-refractivity contribution >= 4 is 65.0 Å². The fourth-order valence-electron chi connectivity index (χ4n) is 15.9. The first-order valence-corrected chi connectivity index (χ1v) is 38.3. The van der Waals surface area contributed by atoms with Gasteiger partial charge in [0.25, 0.3) is 0 Å². The highest BCUT2D eigenvalue weighted by atomic mass is 16.5. The number of amides is 11. The van der Waals surface area contributed by atoms with E-state index in [9.17, 15) is 58.5 Å². The maximum absolute atomic E-state index is 15.1. The number of carbonyl (C=O) groups is 11. The summed E-state index contributed by atoms with van der Waals surface area (Å²) in [6.07, 6.45) is 8.22. The summed E-state index contributed by atoms with van der Waals surface area (Å²) in [5.74, 6) is -8.52. The summed E-state index contributed by atoms with van der Waals surface area (Å²) in [5, 5.41) is 43.7. The Labute approximate surface area is 630 Å². The first kappa shape index (κ1) is 89.0. The van der Waals surface area contributed by atoms with Crippen molar-refractivity contribution in [1.82, 2.24) is 60.5 Å². The van der Waals surface area contributed by atoms with Crippen molar-refractivity contribution in [3.8, 4) is 11.5 Å². The highest BCUT2D eigenvalue weighted by Crippen LogP contribution is 2.62. The van der Waals surface area contributed by atoms with Gasteiger partial charge in [0.05, 0.1) is 12.6 Å². The molecular formula is C79H130N12O15. The smallest absolute Gasteiger partial charge is 0.246 e. The Morgan fingerprint density at radius 3 is 1.59 bits per heavy atom. The van der Waals surface area contributed by atoms with Crippen LogP contribution in [0.1, 0.15) is 174 Å². The minimum atomic E-state index is -1.61. The van der Waals surface area contributed by atoms with E-state index in [1.54, 1.807) is 60.6 Å². The van der Waals surface area contributed by atoms with E-state index in [1.807, 2.05) is 73.6 Å². The molecule has 17 atom stereocenters. The van der Waals surface area contributed by atoms with Gasteiger partial charge in [0.1, 0.15) is 72.6 Å². The zero-order valence-corrected chi connectivity index (χ0v) is 68.1. The Kier molecular flexibility index (Phi) is 31.8. The molecule has 1 aromatic carbocycles. The molecule has 27 nitrogen and oxygen atoms in total. The summed E-state index contributed by atoms with van der Waals surface area (Å²) >= 11 is 0. The Balaban J connectivity index is 0.000000796. The number of phenolic OH excluding ortho intramolecular Hbond substituents is 1. The third-order valence-corrected chi connectivity index (χ3v) is 22.2. The minimum Gasteiger partial charge on any atom is -0.504 e. The molecule has 2 fully saturated rings. The van der Waals surface area contributed by atoms with E-state index >= 15 is 9.59 Å². The number of nitrogens with one attached hydrogen (secondary N) is 4. The average molecular weight is 1490 g/mol. The molecule has 0 aromatic heterocycles. The van der Waals surface area contributed by atoms with Gasteiger partial charge >= 0.3 is 0 Å². The molecule has 7 N–H and O–H groups in total. The summed E-state index contributed by atoms with van der Waals surface area (Å²) in [6, 6.07) is -8.10. The fourth-order valence-corrected chi connectivity index (χ4v) is 15.9. The number of likely N-dealkylation sites (N-methyl/N-ethyl adjacent to an activating group) is 8. The third kappa shape index (κ3) is 20.2. The van der Waals surface area contributed by atoms with Crippen LogP contribution in [0.2, 0.25) is 0 Å². The van der Waals surface area contributed by atoms with E-state index in [0.717, 1.165) is 29.2 Å². The van der Waals surface area contributed by atoms with Gasteiger partial charge < -0.3 is 80.5 Å². The highest BCUT2D eigenvalue weighted by Gasteiger charge is 2.64. The number of aliphatic hydroxyl groups is 2. The topological polar surface area (TPSA) is 332 Å². The molecule has 106 heavy (non-hydrogen) atoms. The van der Waals surface area contributed by atoms with Crippen molar-refractivity contribution in [2.45, 2.75) is 259 Å². The molecule has 27 heteroatoms. The second-order valence-corrected chi connectivity index (χ2v) is 33.0. The van der Waals surface area contributed by atoms with Crippen molar-refractivity contribution in [2.24, 2.45) is 47.3 Å². The summed E-state index contributed by atoms with van der Waals surface area (Å²) in [5.41, 5.74) is 2.29. The second kappa shape index (κ2) is 37.9. The van der Waals surface area contributed by atoms with Gasteiger partial charge in [-0.05, 0) is 139 Å². The molecule has 2 saturated heterocycles. The number of phenols is 1. The number of allylic oxidation sites excluding steroid dienone is 2. The van der Waals surface area contributed by atoms with Crippen LogP contribution in [0.25, 0.3) is 0 Å². The summed E-state index contributed by atoms with van der Waals surface area (Å²) in [4.78, 5) is 171. The number of carbonyl (C=O) groups excluding carboxylic acids is 11. The number of ether oxygens (including phenoxy) is 1. The summed E-state index contributed by atoms with van der Waals surface area (Å²) < 4.78 is 6.09. The number of aromatic hydroxyl groups is 1. The molecule has 1 spiro atoms. The van der Waals surface area contributed by atoms with Gasteiger partial charge in [-0.2, -0.15) is 0 Å². The lowest BCUT2D eigenvalue weighted by atomic mass is 9.53. The van der Waals surface area contributed by atoms with Crippen LogP contribution < -0.4 is 26.0 Å². The quantitative estimate of drug-likeness (QED) is 0.119. The number of rotatable bonds is 15. The van der Waals surface area contributed by atoms with Crippen molar-refractivity contribution in [2.75, 3.05) is 69.5 Å². The minimum absolute atomic E-state index is 0.0229. The zero-order valence-electron chi connectivity index (χ0n) is 68.1. The van der Waals surface area contributed by atoms with Gasteiger partial charge in [-0.3, -0.25) is 52.7 Å². The van der Waals surface area contributed by atoms with Crippen LogP contribution in [0, 0.1) is 47.3 Å². The predicted octanol–water partition coefficient (Wildman–Crippen LogP) is 4.47. The number of likely N-dealkylation sites (tertiary alicyclic amines) is 1. The standard InChI is InChI=1S/C62H111N11O12.C17H19NO3/c1-25-27-28-40(15)52(75)51-56(79)65-43(26-2)58(81)67(18)33-48(74)68(19)44(29-34(3)4)55(78)66-49(38(11)12)61(84)69(20)45(30-35(5)6)54(77)63-41(16)53(76)64-42(17)57(80)70(21)46(31-36(7)8)59(82)71(22)47(32-37(9)10)60(83)72(23)50(39(13)14)62(85)73(51)24;1-18-7-6-17-10-3-5-13(20)16(17)21-15-12(19)4-2-9(14(15)17)8-11(10)18/h25,27,34-47,49-52,75H,26,28-33H2,1-24H3,(H,63,77)(H,64,76)(H,65,79)(H,66,78);2-5,10-11,13,16,19-20H,6-8H2,1H3/b27-25+;/t40-,41+,42-,43+,44+,45+,46+,47+,49+,50+,51+,52-;10-,11+,13-,16-,17-/m10/s1. The number of piperidine rings is 1. The van der Waals surface area contributed by atoms with E-state index in [2.05, 4.69) is 39.3 Å². The van der Waals surface area contributed by atoms with Crippen LogP contribution in [-0.2, 0) is 64.6 Å². The normalized spacial score (nSPS) is 30.0. The van der Waals surface area contributed by atoms with Crippen molar-refractivity contribution in [1.29, 1.82) is 0 Å². The van der Waals surface area contributed by atoms with Gasteiger partial charge in [0.15, 0.2) is 11.5 Å². The highest BCUT2D eigenvalue weighted by molar-refractivity contribution is 5.99. The van der Waals surface area contributed by atoms with Gasteiger partial charge in [0.2, 0.25) is 65.0 Å². The molecule has 1 aromatic rings. The van der Waals surface area contributed by atoms with Crippen LogP contribution >= 0.6 is 0 Å². The molecule has 0 saturated carbocycles. The molecule has 11 amide bonds. The monoisotopic (exact) mass is 1490 g/mol. The van der Waals surface area contributed by atoms with E-state index in [1.165, 1.54) is 98.8 Å². The van der Waals surface area contributed by atoms with Gasteiger partial charge in [-0.1, -0.05) is 127 Å². The second-order valence-electron chi connectivity index (χ2n) is 33.0. The van der Waals surface area contributed by atoms with Crippen LogP contribution in [-0.4, -0.2) is 274 Å². The van der Waals surface area contributed by atoms with Gasteiger partial charge in [-0.15, -0.1) is 0 Å². The first-order valence-electron chi connectivity index (χ1n) is 38.3. The Morgan fingerprint density at radius 1 is 0.566 bits per heavy atom. The zero-order chi connectivity index (χ0) is 80.3. The van der Waals surface area contributed by atoms with Gasteiger partial charge in [-0.25, -0.2) is 0 Å². The van der Waals surface area contributed by atoms with Crippen LogP contribution in [0.15, 0.2) is 36.4 Å². The molecule has 3 heterocycles. The predicted molar refractivity (Wildman–Crippen MR) is 406 cm³/mol. The summed E-state index contributed by atoms with van der Waals surface area (Å²) in [7, 11) is 12.1. The molecule has 2 aliphatic carbocycles. The van der Waals surface area contributed by atoms with Crippen molar-refractivity contribution in [3.05, 3.63) is 47.6 Å². The SMILES string of the molecule is C/C=C/C[C@@H](C)[C@@H](O)[C@H]1C(=O)N[C@@H](CC)C(=O)N(C)CC(=O)N(C)[C@@H](CC(C)C)C(=O)N[C@@H](C(C)C)C(=O)N(C)[C@@H](CC(C)C)C(=O)N[C@@H](C)C(=O)N[C@H](C)C(=O)N(C)[C@@H](CC(C)C)C(=O)N(C)[C@@H](CC(C)C)C(=O)N(C)[C@@H](C(C)C)C(=O)N1C.CN1CC[C@]23c4c5ccc(O)c4O[C@H]2[C@@H](O)C=C[C@H]3[C@H]1C5. The van der Waals surface area contributed by atoms with E-state index in [0.29, 0.717) is 24.1 Å². The lowest BCUT2D eigenvalue weighted by Gasteiger charge is -2.56. The molecule has 0 radical (unpaired) electrons. The van der Waals surface area contributed by atoms with Crippen LogP contribution in [0.3, 0.4) is 0 Å². The maximum atomic E-state index is 15.1. The maximum Gasteiger partial charge on any atom is 0.246 e. The van der Waals surface area contributed by atoms with Crippen LogP contribution in [0.5, 0.6) is 11.5 Å². The molecule has 3 aliphatic heterocycles. The van der Waals surface area contributed by atoms with Crippen LogP contribution in [0.4, 0.5) is 0 Å². The largest absolute Gasteiger partial charge is 0.504 e. The number of hydrogen-bond acceptors (Lipinski definition) is 16. The fraction of sp³-hybridized carbons (Fsp3) is 0.734. The number of nitrogens with zero attached hydrogens (tertiary/aromatic N) is 8. The number of aliphatic hydroxyl groups excluding tert-OH is 2. The Morgan fingerprint density at radius 2 is 1.07 bits per heavy atom. The van der Waals surface area contributed by atoms with E-state index in [-0.39, 0.29) is 73.0 Å². The average Bonchev–Trinajstić information content (AvgIpc) is 1.46. The third-order valence-electron chi connectivity index (χ3n) is 22.2. The molecule has 596 valence electrons. The van der Waals surface area contributed by atoms with Gasteiger partial charge in [0, 0.05) is 72.3 Å². The molecule has 2 bridgehead atoms. The van der Waals surface area contributed by atoms with Crippen molar-refractivity contribution < 1.29 is 72.8 Å². The first-order chi connectivity index (χ1) is 49.3. The van der Waals surface area contributed by atoms with Crippen molar-refractivity contribution in [3.63, 3.8) is 0 Å². The van der Waals surface area contributed by atoms with E-state index in [4.69, 9.17) is 4.74 Å². The summed E-state index contributed by atoms with van der Waals surface area (Å²) in [6.45, 7) is 30.3. The molecule has 5 aliphatic rings. The molecular weight excluding hydrogens is 1360 g/mol. The number of benzene rings is 1. The molecule has 6 rings (SSSR count). The lowest BCUT2D eigenvalue weighted by Crippen LogP contribution is -2.64. The number of hydrogen-bond donors (Lipinski definition) is 7.